The van der Waals surface area contributed by atoms with Gasteiger partial charge >= 0.3 is 0 Å². The fraction of sp³-hybridized carbons (Fsp3) is 0.600. The van der Waals surface area contributed by atoms with Crippen molar-refractivity contribution >= 4 is 17.5 Å². The monoisotopic (exact) mass is 361 g/mol. The molecule has 0 aromatic heterocycles. The predicted molar refractivity (Wildman–Crippen MR) is 103 cm³/mol. The minimum Gasteiger partial charge on any atom is -0.399 e. The molecule has 0 spiro atoms. The smallest absolute Gasteiger partial charge is 0.226 e. The average molecular weight is 361 g/mol. The van der Waals surface area contributed by atoms with Crippen molar-refractivity contribution < 1.29 is 14.3 Å². The summed E-state index contributed by atoms with van der Waals surface area (Å²) in [5.41, 5.74) is 7.33. The Labute approximate surface area is 156 Å². The molecule has 3 N–H and O–H groups in total. The van der Waals surface area contributed by atoms with Crippen molar-refractivity contribution in [3.8, 4) is 0 Å². The number of nitrogens with zero attached hydrogens (tertiary/aromatic N) is 1. The predicted octanol–water partition coefficient (Wildman–Crippen LogP) is 1.98. The second-order valence-corrected chi connectivity index (χ2v) is 7.14. The molecule has 2 amide bonds. The van der Waals surface area contributed by atoms with Crippen LogP contribution < -0.4 is 11.1 Å². The first kappa shape index (κ1) is 20.2. The SMILES string of the molecule is CC(C)OCCCNC(=O)C1CCN(C(=O)Cc2ccc(N)cc2)CC1. The Hall–Kier alpha value is -2.08. The van der Waals surface area contributed by atoms with E-state index in [1.165, 1.54) is 0 Å². The van der Waals surface area contributed by atoms with Crippen LogP contribution in [0.1, 0.15) is 38.7 Å². The molecule has 26 heavy (non-hydrogen) atoms. The molecule has 6 heteroatoms. The maximum atomic E-state index is 12.4. The molecule has 1 aromatic rings. The summed E-state index contributed by atoms with van der Waals surface area (Å²) in [5.74, 6) is 0.209. The van der Waals surface area contributed by atoms with Crippen LogP contribution in [0.3, 0.4) is 0 Å². The number of amides is 2. The van der Waals surface area contributed by atoms with Crippen molar-refractivity contribution in [1.29, 1.82) is 0 Å². The summed E-state index contributed by atoms with van der Waals surface area (Å²) < 4.78 is 5.46. The highest BCUT2D eigenvalue weighted by Gasteiger charge is 2.27. The molecule has 1 saturated heterocycles. The summed E-state index contributed by atoms with van der Waals surface area (Å²) >= 11 is 0. The number of hydrogen-bond donors (Lipinski definition) is 2. The van der Waals surface area contributed by atoms with E-state index in [4.69, 9.17) is 10.5 Å². The highest BCUT2D eigenvalue weighted by atomic mass is 16.5. The molecule has 1 aliphatic heterocycles. The Kier molecular flexibility index (Phi) is 7.91. The average Bonchev–Trinajstić information content (AvgIpc) is 2.63. The molecule has 0 bridgehead atoms. The molecule has 1 aliphatic rings. The van der Waals surface area contributed by atoms with Gasteiger partial charge in [-0.1, -0.05) is 12.1 Å². The molecule has 0 saturated carbocycles. The van der Waals surface area contributed by atoms with Gasteiger partial charge in [-0.05, 0) is 50.8 Å². The van der Waals surface area contributed by atoms with E-state index in [1.54, 1.807) is 0 Å². The first-order valence-electron chi connectivity index (χ1n) is 9.47. The minimum atomic E-state index is 0.00147. The van der Waals surface area contributed by atoms with Gasteiger partial charge in [-0.25, -0.2) is 0 Å². The number of nitrogens with one attached hydrogen (secondary N) is 1. The number of ether oxygens (including phenoxy) is 1. The third kappa shape index (κ3) is 6.67. The van der Waals surface area contributed by atoms with Crippen LogP contribution in [-0.2, 0) is 20.7 Å². The third-order valence-electron chi connectivity index (χ3n) is 4.63. The van der Waals surface area contributed by atoms with Gasteiger partial charge < -0.3 is 20.7 Å². The van der Waals surface area contributed by atoms with E-state index in [9.17, 15) is 9.59 Å². The molecule has 144 valence electrons. The minimum absolute atomic E-state index is 0.00147. The first-order chi connectivity index (χ1) is 12.5. The molecule has 0 atom stereocenters. The highest BCUT2D eigenvalue weighted by Crippen LogP contribution is 2.18. The molecule has 0 radical (unpaired) electrons. The molecule has 1 aromatic carbocycles. The van der Waals surface area contributed by atoms with Crippen LogP contribution in [0.4, 0.5) is 5.69 Å². The van der Waals surface area contributed by atoms with Gasteiger partial charge in [0.2, 0.25) is 11.8 Å². The lowest BCUT2D eigenvalue weighted by atomic mass is 9.95. The molecular formula is C20H31N3O3. The van der Waals surface area contributed by atoms with Crippen LogP contribution in [-0.4, -0.2) is 49.1 Å². The van der Waals surface area contributed by atoms with Crippen molar-refractivity contribution in [2.24, 2.45) is 5.92 Å². The Bertz CT molecular complexity index is 578. The molecule has 1 fully saturated rings. The van der Waals surface area contributed by atoms with Crippen molar-refractivity contribution in [1.82, 2.24) is 10.2 Å². The van der Waals surface area contributed by atoms with Crippen molar-refractivity contribution in [3.63, 3.8) is 0 Å². The number of anilines is 1. The molecular weight excluding hydrogens is 330 g/mol. The van der Waals surface area contributed by atoms with E-state index in [-0.39, 0.29) is 23.8 Å². The summed E-state index contributed by atoms with van der Waals surface area (Å²) in [4.78, 5) is 26.5. The first-order valence-corrected chi connectivity index (χ1v) is 9.47. The van der Waals surface area contributed by atoms with Gasteiger partial charge in [0.1, 0.15) is 0 Å². The number of likely N-dealkylation sites (tertiary alicyclic amines) is 1. The zero-order valence-corrected chi connectivity index (χ0v) is 15.9. The van der Waals surface area contributed by atoms with Gasteiger partial charge in [0.25, 0.3) is 0 Å². The van der Waals surface area contributed by atoms with E-state index in [2.05, 4.69) is 5.32 Å². The maximum Gasteiger partial charge on any atom is 0.226 e. The van der Waals surface area contributed by atoms with E-state index in [0.29, 0.717) is 38.3 Å². The number of nitrogen functional groups attached to an aromatic ring is 1. The number of hydrogen-bond acceptors (Lipinski definition) is 4. The number of piperidine rings is 1. The van der Waals surface area contributed by atoms with Crippen LogP contribution in [0.25, 0.3) is 0 Å². The van der Waals surface area contributed by atoms with E-state index in [1.807, 2.05) is 43.0 Å². The topological polar surface area (TPSA) is 84.7 Å². The summed E-state index contributed by atoms with van der Waals surface area (Å²) in [6.07, 6.45) is 2.88. The Morgan fingerprint density at radius 2 is 1.88 bits per heavy atom. The van der Waals surface area contributed by atoms with E-state index < -0.39 is 0 Å². The van der Waals surface area contributed by atoms with Crippen LogP contribution in [0, 0.1) is 5.92 Å². The third-order valence-corrected chi connectivity index (χ3v) is 4.63. The Balaban J connectivity index is 1.66. The zero-order valence-electron chi connectivity index (χ0n) is 15.9. The highest BCUT2D eigenvalue weighted by molar-refractivity contribution is 5.81. The molecule has 6 nitrogen and oxygen atoms in total. The van der Waals surface area contributed by atoms with Crippen LogP contribution in [0.2, 0.25) is 0 Å². The van der Waals surface area contributed by atoms with Gasteiger partial charge in [-0.15, -0.1) is 0 Å². The van der Waals surface area contributed by atoms with Gasteiger partial charge in [0, 0.05) is 37.8 Å². The normalized spacial score (nSPS) is 15.3. The summed E-state index contributed by atoms with van der Waals surface area (Å²) in [6.45, 7) is 6.59. The van der Waals surface area contributed by atoms with Crippen molar-refractivity contribution in [2.45, 2.75) is 45.6 Å². The lowest BCUT2D eigenvalue weighted by molar-refractivity contribution is -0.135. The van der Waals surface area contributed by atoms with Gasteiger partial charge in [0.15, 0.2) is 0 Å². The van der Waals surface area contributed by atoms with Crippen molar-refractivity contribution in [2.75, 3.05) is 32.0 Å². The van der Waals surface area contributed by atoms with E-state index in [0.717, 1.165) is 24.8 Å². The number of carbonyl (C=O) groups is 2. The Morgan fingerprint density at radius 1 is 1.23 bits per heavy atom. The lowest BCUT2D eigenvalue weighted by Gasteiger charge is -2.31. The molecule has 0 aliphatic carbocycles. The Morgan fingerprint density at radius 3 is 2.50 bits per heavy atom. The quantitative estimate of drug-likeness (QED) is 0.548. The standard InChI is InChI=1S/C20H31N3O3/c1-15(2)26-13-3-10-22-20(25)17-8-11-23(12-9-17)19(24)14-16-4-6-18(21)7-5-16/h4-7,15,17H,3,8-14,21H2,1-2H3,(H,22,25). The fourth-order valence-electron chi connectivity index (χ4n) is 3.06. The number of carbonyl (C=O) groups excluding carboxylic acids is 2. The maximum absolute atomic E-state index is 12.4. The van der Waals surface area contributed by atoms with Crippen LogP contribution >= 0.6 is 0 Å². The summed E-state index contributed by atoms with van der Waals surface area (Å²) in [5, 5.41) is 2.98. The second kappa shape index (κ2) is 10.2. The largest absolute Gasteiger partial charge is 0.399 e. The van der Waals surface area contributed by atoms with Crippen LogP contribution in [0.15, 0.2) is 24.3 Å². The number of benzene rings is 1. The molecule has 1 heterocycles. The zero-order chi connectivity index (χ0) is 18.9. The molecule has 2 rings (SSSR count). The van der Waals surface area contributed by atoms with Crippen molar-refractivity contribution in [3.05, 3.63) is 29.8 Å². The van der Waals surface area contributed by atoms with Crippen LogP contribution in [0.5, 0.6) is 0 Å². The lowest BCUT2D eigenvalue weighted by Crippen LogP contribution is -2.43. The van der Waals surface area contributed by atoms with Gasteiger partial charge in [-0.2, -0.15) is 0 Å². The van der Waals surface area contributed by atoms with Gasteiger partial charge in [-0.3, -0.25) is 9.59 Å². The van der Waals surface area contributed by atoms with Gasteiger partial charge in [0.05, 0.1) is 12.5 Å². The summed E-state index contributed by atoms with van der Waals surface area (Å²) in [7, 11) is 0. The second-order valence-electron chi connectivity index (χ2n) is 7.14. The van der Waals surface area contributed by atoms with E-state index >= 15 is 0 Å². The number of nitrogens with two attached hydrogens (primary N) is 1. The molecule has 0 unspecified atom stereocenters. The fourth-order valence-corrected chi connectivity index (χ4v) is 3.06. The number of rotatable bonds is 8. The summed E-state index contributed by atoms with van der Waals surface area (Å²) in [6, 6.07) is 7.39.